The maximum atomic E-state index is 13.5. The van der Waals surface area contributed by atoms with Crippen LogP contribution in [0.15, 0.2) is 77.7 Å². The van der Waals surface area contributed by atoms with Crippen LogP contribution in [-0.2, 0) is 20.6 Å². The number of rotatable bonds is 12. The molecule has 0 aliphatic carbocycles. The number of thioether (sulfide) groups is 1. The number of benzene rings is 3. The zero-order valence-corrected chi connectivity index (χ0v) is 21.4. The molecule has 0 aliphatic rings. The van der Waals surface area contributed by atoms with Gasteiger partial charge in [-0.3, -0.25) is 9.10 Å². The molecule has 0 aliphatic heterocycles. The zero-order valence-electron chi connectivity index (χ0n) is 19.7. The maximum Gasteiger partial charge on any atom is 0.264 e. The van der Waals surface area contributed by atoms with Crippen molar-refractivity contribution < 1.29 is 22.3 Å². The van der Waals surface area contributed by atoms with Crippen LogP contribution in [-0.4, -0.2) is 39.8 Å². The van der Waals surface area contributed by atoms with Gasteiger partial charge >= 0.3 is 0 Å². The minimum absolute atomic E-state index is 0.00629. The lowest BCUT2D eigenvalue weighted by atomic mass is 10.2. The molecule has 0 atom stereocenters. The highest BCUT2D eigenvalue weighted by atomic mass is 32.2. The van der Waals surface area contributed by atoms with Gasteiger partial charge in [0.1, 0.15) is 18.1 Å². The molecule has 0 aromatic heterocycles. The summed E-state index contributed by atoms with van der Waals surface area (Å²) in [5.41, 5.74) is 2.61. The zero-order chi connectivity index (χ0) is 25.3. The number of aryl methyl sites for hydroxylation is 1. The number of carbonyl (C=O) groups is 1. The fraction of sp³-hybridized carbons (Fsp3) is 0.269. The van der Waals surface area contributed by atoms with Crippen molar-refractivity contribution in [2.75, 3.05) is 29.8 Å². The summed E-state index contributed by atoms with van der Waals surface area (Å²) in [5, 5.41) is 2.78. The third kappa shape index (κ3) is 7.73. The Bertz CT molecular complexity index is 1220. The lowest BCUT2D eigenvalue weighted by Crippen LogP contribution is -2.41. The van der Waals surface area contributed by atoms with Crippen molar-refractivity contribution in [1.29, 1.82) is 0 Å². The van der Waals surface area contributed by atoms with Crippen molar-refractivity contribution in [2.24, 2.45) is 0 Å². The summed E-state index contributed by atoms with van der Waals surface area (Å²) in [4.78, 5) is 12.7. The molecule has 0 unspecified atom stereocenters. The Balaban J connectivity index is 1.65. The predicted molar refractivity (Wildman–Crippen MR) is 139 cm³/mol. The summed E-state index contributed by atoms with van der Waals surface area (Å²) in [6.07, 6.45) is 0. The van der Waals surface area contributed by atoms with Gasteiger partial charge in [-0.25, -0.2) is 12.8 Å². The molecule has 0 bridgehead atoms. The monoisotopic (exact) mass is 516 g/mol. The molecule has 0 saturated heterocycles. The van der Waals surface area contributed by atoms with Gasteiger partial charge in [0.2, 0.25) is 5.91 Å². The number of nitrogens with one attached hydrogen (secondary N) is 1. The molecule has 0 heterocycles. The van der Waals surface area contributed by atoms with E-state index < -0.39 is 28.3 Å². The normalized spacial score (nSPS) is 11.2. The average Bonchev–Trinajstić information content (AvgIpc) is 2.83. The molecule has 1 amide bonds. The van der Waals surface area contributed by atoms with Crippen LogP contribution in [0.2, 0.25) is 0 Å². The number of ether oxygens (including phenoxy) is 1. The summed E-state index contributed by atoms with van der Waals surface area (Å²) in [5.74, 6) is 1.11. The first-order valence-electron chi connectivity index (χ1n) is 11.2. The Morgan fingerprint density at radius 3 is 2.43 bits per heavy atom. The quantitative estimate of drug-likeness (QED) is 0.351. The van der Waals surface area contributed by atoms with E-state index >= 15 is 0 Å². The Labute approximate surface area is 210 Å². The molecular weight excluding hydrogens is 487 g/mol. The summed E-state index contributed by atoms with van der Waals surface area (Å²) >= 11 is 1.68. The minimum Gasteiger partial charge on any atom is -0.494 e. The number of amides is 1. The van der Waals surface area contributed by atoms with E-state index in [9.17, 15) is 17.6 Å². The van der Waals surface area contributed by atoms with Crippen LogP contribution in [0.1, 0.15) is 18.1 Å². The Kier molecular flexibility index (Phi) is 9.56. The molecule has 1 N–H and O–H groups in total. The summed E-state index contributed by atoms with van der Waals surface area (Å²) in [6, 6.07) is 19.2. The molecule has 3 aromatic rings. The van der Waals surface area contributed by atoms with Crippen LogP contribution < -0.4 is 14.4 Å². The first kappa shape index (κ1) is 26.6. The molecule has 0 fully saturated rings. The van der Waals surface area contributed by atoms with Crippen molar-refractivity contribution in [3.8, 4) is 5.75 Å². The second kappa shape index (κ2) is 12.6. The van der Waals surface area contributed by atoms with E-state index in [-0.39, 0.29) is 10.6 Å². The molecule has 3 rings (SSSR count). The van der Waals surface area contributed by atoms with Gasteiger partial charge in [-0.15, -0.1) is 0 Å². The van der Waals surface area contributed by atoms with Gasteiger partial charge in [0, 0.05) is 18.1 Å². The molecule has 186 valence electrons. The molecule has 35 heavy (non-hydrogen) atoms. The number of anilines is 1. The van der Waals surface area contributed by atoms with Crippen LogP contribution in [0.5, 0.6) is 5.75 Å². The molecule has 6 nitrogen and oxygen atoms in total. The fourth-order valence-corrected chi connectivity index (χ4v) is 5.59. The van der Waals surface area contributed by atoms with Crippen molar-refractivity contribution >= 4 is 33.4 Å². The number of sulfonamides is 1. The average molecular weight is 517 g/mol. The smallest absolute Gasteiger partial charge is 0.264 e. The van der Waals surface area contributed by atoms with E-state index in [1.165, 1.54) is 35.4 Å². The number of nitrogens with zero attached hydrogens (tertiary/aromatic N) is 1. The lowest BCUT2D eigenvalue weighted by Gasteiger charge is -2.24. The van der Waals surface area contributed by atoms with E-state index in [1.54, 1.807) is 23.9 Å². The fourth-order valence-electron chi connectivity index (χ4n) is 3.37. The SMILES string of the molecule is CCOc1ccc(S(=O)(=O)N(CC(=O)NCCSCc2cccc(C)c2)c2ccc(F)cc2)cc1. The number of hydrogen-bond acceptors (Lipinski definition) is 5. The second-order valence-corrected chi connectivity index (χ2v) is 10.8. The highest BCUT2D eigenvalue weighted by molar-refractivity contribution is 7.98. The van der Waals surface area contributed by atoms with Gasteiger partial charge in [0.25, 0.3) is 10.0 Å². The molecule has 0 radical (unpaired) electrons. The van der Waals surface area contributed by atoms with E-state index in [1.807, 2.05) is 26.0 Å². The highest BCUT2D eigenvalue weighted by Crippen LogP contribution is 2.25. The van der Waals surface area contributed by atoms with Crippen molar-refractivity contribution in [2.45, 2.75) is 24.5 Å². The lowest BCUT2D eigenvalue weighted by molar-refractivity contribution is -0.119. The van der Waals surface area contributed by atoms with Gasteiger partial charge in [-0.1, -0.05) is 29.8 Å². The van der Waals surface area contributed by atoms with Crippen molar-refractivity contribution in [3.63, 3.8) is 0 Å². The Morgan fingerprint density at radius 1 is 1.06 bits per heavy atom. The van der Waals surface area contributed by atoms with Crippen molar-refractivity contribution in [3.05, 3.63) is 89.7 Å². The van der Waals surface area contributed by atoms with Gasteiger partial charge in [-0.05, 0) is 67.9 Å². The van der Waals surface area contributed by atoms with E-state index in [2.05, 4.69) is 17.4 Å². The van der Waals surface area contributed by atoms with Crippen LogP contribution in [0.25, 0.3) is 0 Å². The summed E-state index contributed by atoms with van der Waals surface area (Å²) in [7, 11) is -4.08. The van der Waals surface area contributed by atoms with Gasteiger partial charge in [0.05, 0.1) is 17.2 Å². The van der Waals surface area contributed by atoms with E-state index in [0.29, 0.717) is 24.7 Å². The number of halogens is 1. The second-order valence-electron chi connectivity index (χ2n) is 7.78. The van der Waals surface area contributed by atoms with Crippen molar-refractivity contribution in [1.82, 2.24) is 5.32 Å². The van der Waals surface area contributed by atoms with Crippen LogP contribution in [0.4, 0.5) is 10.1 Å². The molecule has 9 heteroatoms. The molecule has 3 aromatic carbocycles. The predicted octanol–water partition coefficient (Wildman–Crippen LogP) is 4.78. The van der Waals surface area contributed by atoms with E-state index in [4.69, 9.17) is 4.74 Å². The third-order valence-corrected chi connectivity index (χ3v) is 7.86. The summed E-state index contributed by atoms with van der Waals surface area (Å²) in [6.45, 7) is 4.31. The standard InChI is InChI=1S/C26H29FN2O4S2/c1-3-33-24-11-13-25(14-12-24)35(31,32)29(23-9-7-22(27)8-10-23)18-26(30)28-15-16-34-19-21-6-4-5-20(2)17-21/h4-14,17H,3,15-16,18-19H2,1-2H3,(H,28,30). The molecule has 0 saturated carbocycles. The van der Waals surface area contributed by atoms with Crippen LogP contribution in [0, 0.1) is 12.7 Å². The Morgan fingerprint density at radius 2 is 1.77 bits per heavy atom. The number of hydrogen-bond donors (Lipinski definition) is 1. The Hall–Kier alpha value is -3.04. The van der Waals surface area contributed by atoms with E-state index in [0.717, 1.165) is 22.2 Å². The largest absolute Gasteiger partial charge is 0.494 e. The van der Waals surface area contributed by atoms with Gasteiger partial charge < -0.3 is 10.1 Å². The van der Waals surface area contributed by atoms with Crippen LogP contribution >= 0.6 is 11.8 Å². The highest BCUT2D eigenvalue weighted by Gasteiger charge is 2.27. The number of carbonyl (C=O) groups excluding carboxylic acids is 1. The maximum absolute atomic E-state index is 13.5. The summed E-state index contributed by atoms with van der Waals surface area (Å²) < 4.78 is 46.6. The first-order chi connectivity index (χ1) is 16.8. The van der Waals surface area contributed by atoms with Gasteiger partial charge in [-0.2, -0.15) is 11.8 Å². The first-order valence-corrected chi connectivity index (χ1v) is 13.8. The molecular formula is C26H29FN2O4S2. The van der Waals surface area contributed by atoms with Gasteiger partial charge in [0.15, 0.2) is 0 Å². The molecule has 0 spiro atoms. The third-order valence-electron chi connectivity index (χ3n) is 5.04. The minimum atomic E-state index is -4.08. The topological polar surface area (TPSA) is 75.7 Å². The van der Waals surface area contributed by atoms with Crippen LogP contribution in [0.3, 0.4) is 0 Å².